The molecule has 0 aliphatic carbocycles. The van der Waals surface area contributed by atoms with Gasteiger partial charge in [0.1, 0.15) is 5.75 Å². The van der Waals surface area contributed by atoms with Crippen molar-refractivity contribution in [3.8, 4) is 5.75 Å². The molecule has 0 aliphatic rings. The fourth-order valence-corrected chi connectivity index (χ4v) is 5.16. The number of rotatable bonds is 13. The van der Waals surface area contributed by atoms with Crippen molar-refractivity contribution < 1.29 is 19.1 Å². The zero-order chi connectivity index (χ0) is 28.0. The van der Waals surface area contributed by atoms with E-state index >= 15 is 0 Å². The molecule has 0 radical (unpaired) electrons. The summed E-state index contributed by atoms with van der Waals surface area (Å²) < 4.78 is 12.0. The van der Waals surface area contributed by atoms with Crippen LogP contribution in [0.4, 0.5) is 0 Å². The molecule has 0 saturated carbocycles. The number of hydrogen-bond acceptors (Lipinski definition) is 4. The van der Waals surface area contributed by atoms with Gasteiger partial charge in [0.2, 0.25) is 0 Å². The van der Waals surface area contributed by atoms with Gasteiger partial charge in [0, 0.05) is 38.8 Å². The van der Waals surface area contributed by atoms with Crippen LogP contribution in [-0.2, 0) is 4.74 Å². The summed E-state index contributed by atoms with van der Waals surface area (Å²) in [5, 5.41) is 0. The first-order valence-corrected chi connectivity index (χ1v) is 17.2. The minimum atomic E-state index is -1.25. The molecule has 0 aliphatic heterocycles. The zero-order valence-electron chi connectivity index (χ0n) is 25.2. The first kappa shape index (κ1) is 32.2. The molecule has 2 amide bonds. The lowest BCUT2D eigenvalue weighted by Gasteiger charge is -2.34. The van der Waals surface area contributed by atoms with Crippen molar-refractivity contribution in [1.82, 2.24) is 9.80 Å². The van der Waals surface area contributed by atoms with Crippen molar-refractivity contribution >= 4 is 19.9 Å². The molecule has 36 heavy (non-hydrogen) atoms. The van der Waals surface area contributed by atoms with Gasteiger partial charge in [-0.1, -0.05) is 33.5 Å². The van der Waals surface area contributed by atoms with E-state index in [1.165, 1.54) is 0 Å². The maximum atomic E-state index is 13.9. The Kier molecular flexibility index (Phi) is 12.2. The maximum Gasteiger partial charge on any atom is 0.258 e. The molecular formula is C29H52N2O4Si. The summed E-state index contributed by atoms with van der Waals surface area (Å²) in [5.74, 6) is 0.201. The number of amides is 2. The van der Waals surface area contributed by atoms with Crippen LogP contribution in [0.2, 0.25) is 25.7 Å². The summed E-state index contributed by atoms with van der Waals surface area (Å²) in [7, 11) is -1.25. The van der Waals surface area contributed by atoms with Crippen LogP contribution in [0.15, 0.2) is 12.1 Å². The number of ether oxygens (including phenoxy) is 2. The number of nitrogens with zero attached hydrogens (tertiary/aromatic N) is 2. The van der Waals surface area contributed by atoms with E-state index in [0.717, 1.165) is 11.6 Å². The second-order valence-electron chi connectivity index (χ2n) is 12.4. The van der Waals surface area contributed by atoms with Crippen molar-refractivity contribution in [2.75, 3.05) is 13.4 Å². The van der Waals surface area contributed by atoms with Crippen LogP contribution in [0.1, 0.15) is 101 Å². The Morgan fingerprint density at radius 3 is 1.44 bits per heavy atom. The summed E-state index contributed by atoms with van der Waals surface area (Å²) in [5.41, 5.74) is 1.79. The summed E-state index contributed by atoms with van der Waals surface area (Å²) in [6.07, 6.45) is 0. The molecular weight excluding hydrogens is 468 g/mol. The van der Waals surface area contributed by atoms with Crippen molar-refractivity contribution in [2.45, 2.75) is 125 Å². The molecule has 0 heterocycles. The van der Waals surface area contributed by atoms with Crippen molar-refractivity contribution in [2.24, 2.45) is 0 Å². The van der Waals surface area contributed by atoms with E-state index in [0.29, 0.717) is 23.5 Å². The lowest BCUT2D eigenvalue weighted by molar-refractivity contribution is 0.0198. The molecule has 6 nitrogen and oxygen atoms in total. The highest BCUT2D eigenvalue weighted by atomic mass is 28.3. The molecule has 206 valence electrons. The minimum Gasteiger partial charge on any atom is -0.466 e. The monoisotopic (exact) mass is 520 g/mol. The van der Waals surface area contributed by atoms with E-state index in [1.807, 2.05) is 77.3 Å². The molecule has 1 aromatic rings. The average Bonchev–Trinajstić information content (AvgIpc) is 2.70. The van der Waals surface area contributed by atoms with Crippen LogP contribution in [0.3, 0.4) is 0 Å². The van der Waals surface area contributed by atoms with E-state index in [9.17, 15) is 9.59 Å². The van der Waals surface area contributed by atoms with E-state index in [-0.39, 0.29) is 48.7 Å². The summed E-state index contributed by atoms with van der Waals surface area (Å²) in [6, 6.07) is 4.82. The topological polar surface area (TPSA) is 59.1 Å². The highest BCUT2D eigenvalue weighted by molar-refractivity contribution is 6.76. The largest absolute Gasteiger partial charge is 0.466 e. The third-order valence-electron chi connectivity index (χ3n) is 6.22. The Hall–Kier alpha value is -1.86. The van der Waals surface area contributed by atoms with Gasteiger partial charge in [0.15, 0.2) is 6.79 Å². The second kappa shape index (κ2) is 13.6. The summed E-state index contributed by atoms with van der Waals surface area (Å²) in [6.45, 7) is 27.7. The molecule has 0 bridgehead atoms. The summed E-state index contributed by atoms with van der Waals surface area (Å²) >= 11 is 0. The second-order valence-corrected chi connectivity index (χ2v) is 18.0. The van der Waals surface area contributed by atoms with Gasteiger partial charge in [0.05, 0.1) is 11.1 Å². The lowest BCUT2D eigenvalue weighted by atomic mass is 9.94. The molecule has 0 unspecified atom stereocenters. The fourth-order valence-electron chi connectivity index (χ4n) is 4.40. The predicted octanol–water partition coefficient (Wildman–Crippen LogP) is 7.02. The molecule has 7 heteroatoms. The zero-order valence-corrected chi connectivity index (χ0v) is 26.2. The molecule has 0 fully saturated rings. The third-order valence-corrected chi connectivity index (χ3v) is 7.92. The van der Waals surface area contributed by atoms with Gasteiger partial charge in [-0.25, -0.2) is 0 Å². The van der Waals surface area contributed by atoms with Gasteiger partial charge >= 0.3 is 0 Å². The first-order chi connectivity index (χ1) is 16.5. The smallest absolute Gasteiger partial charge is 0.258 e. The van der Waals surface area contributed by atoms with Crippen molar-refractivity contribution in [1.29, 1.82) is 0 Å². The van der Waals surface area contributed by atoms with E-state index in [2.05, 4.69) is 33.5 Å². The number of carbonyl (C=O) groups excluding carboxylic acids is 2. The van der Waals surface area contributed by atoms with Gasteiger partial charge in [0.25, 0.3) is 11.8 Å². The minimum absolute atomic E-state index is 0.00121. The molecule has 1 aromatic carbocycles. The van der Waals surface area contributed by atoms with Gasteiger partial charge in [-0.15, -0.1) is 0 Å². The average molecular weight is 521 g/mol. The Balaban J connectivity index is 3.69. The predicted molar refractivity (Wildman–Crippen MR) is 153 cm³/mol. The Labute approximate surface area is 221 Å². The molecule has 1 rings (SSSR count). The first-order valence-electron chi connectivity index (χ1n) is 13.5. The highest BCUT2D eigenvalue weighted by Gasteiger charge is 2.32. The van der Waals surface area contributed by atoms with Gasteiger partial charge < -0.3 is 19.3 Å². The van der Waals surface area contributed by atoms with Crippen LogP contribution in [-0.4, -0.2) is 67.3 Å². The number of hydrogen-bond donors (Lipinski definition) is 0. The van der Waals surface area contributed by atoms with Crippen LogP contribution in [0, 0.1) is 0 Å². The standard InChI is InChI=1S/C29H52N2O4Si/c1-19(2)24-16-25(28(32)30(20(3)4)21(5)6)27(35-18-34-14-15-36(11,12)13)26(17-24)29(33)31(22(7)8)23(9)10/h16-17,19-23H,14-15,18H2,1-13H3. The molecule has 0 aromatic heterocycles. The lowest BCUT2D eigenvalue weighted by Crippen LogP contribution is -2.43. The van der Waals surface area contributed by atoms with Crippen LogP contribution < -0.4 is 4.74 Å². The van der Waals surface area contributed by atoms with Crippen molar-refractivity contribution in [3.05, 3.63) is 28.8 Å². The molecule has 0 atom stereocenters. The van der Waals surface area contributed by atoms with Gasteiger partial charge in [-0.2, -0.15) is 0 Å². The number of carbonyl (C=O) groups is 2. The maximum absolute atomic E-state index is 13.9. The van der Waals surface area contributed by atoms with Gasteiger partial charge in [-0.3, -0.25) is 9.59 Å². The molecule has 0 spiro atoms. The normalized spacial score (nSPS) is 12.3. The van der Waals surface area contributed by atoms with E-state index in [1.54, 1.807) is 0 Å². The van der Waals surface area contributed by atoms with Crippen LogP contribution >= 0.6 is 0 Å². The molecule has 0 N–H and O–H groups in total. The van der Waals surface area contributed by atoms with Crippen molar-refractivity contribution in [3.63, 3.8) is 0 Å². The van der Waals surface area contributed by atoms with E-state index in [4.69, 9.17) is 9.47 Å². The Bertz CT molecular complexity index is 804. The highest BCUT2D eigenvalue weighted by Crippen LogP contribution is 2.33. The van der Waals surface area contributed by atoms with E-state index < -0.39 is 8.07 Å². The Morgan fingerprint density at radius 1 is 0.750 bits per heavy atom. The summed E-state index contributed by atoms with van der Waals surface area (Å²) in [4.78, 5) is 31.6. The quantitative estimate of drug-likeness (QED) is 0.159. The SMILES string of the molecule is CC(C)c1cc(C(=O)N(C(C)C)C(C)C)c(OCOCC[Si](C)(C)C)c(C(=O)N(C(C)C)C(C)C)c1. The van der Waals surface area contributed by atoms with Crippen LogP contribution in [0.25, 0.3) is 0 Å². The van der Waals surface area contributed by atoms with Crippen LogP contribution in [0.5, 0.6) is 5.75 Å². The third kappa shape index (κ3) is 8.91. The van der Waals surface area contributed by atoms with Gasteiger partial charge in [-0.05, 0) is 85.0 Å². The Morgan fingerprint density at radius 2 is 1.14 bits per heavy atom. The number of benzene rings is 1. The molecule has 0 saturated heterocycles. The fraction of sp³-hybridized carbons (Fsp3) is 0.724.